The van der Waals surface area contributed by atoms with Gasteiger partial charge in [-0.1, -0.05) is 0 Å². The summed E-state index contributed by atoms with van der Waals surface area (Å²) in [5.74, 6) is -0.425. The Morgan fingerprint density at radius 1 is 1.04 bits per heavy atom. The Hall–Kier alpha value is -2.31. The van der Waals surface area contributed by atoms with Crippen molar-refractivity contribution in [2.45, 2.75) is 33.1 Å². The first-order chi connectivity index (χ1) is 11.8. The summed E-state index contributed by atoms with van der Waals surface area (Å²) in [7, 11) is 3.26. The van der Waals surface area contributed by atoms with Gasteiger partial charge in [0.05, 0.1) is 19.1 Å². The number of carbonyl (C=O) groups is 3. The Kier molecular flexibility index (Phi) is 6.22. The van der Waals surface area contributed by atoms with Crippen molar-refractivity contribution in [3.63, 3.8) is 0 Å². The molecule has 0 saturated carbocycles. The lowest BCUT2D eigenvalue weighted by atomic mass is 10.2. The first kappa shape index (κ1) is 19.0. The molecule has 1 fully saturated rings. The van der Waals surface area contributed by atoms with Gasteiger partial charge in [-0.3, -0.25) is 14.4 Å². The van der Waals surface area contributed by atoms with Crippen LogP contribution in [0.5, 0.6) is 0 Å². The Morgan fingerprint density at radius 2 is 1.68 bits per heavy atom. The van der Waals surface area contributed by atoms with Gasteiger partial charge in [-0.05, 0) is 26.3 Å². The fraction of sp³-hybridized carbons (Fsp3) is 0.611. The van der Waals surface area contributed by atoms with Crippen LogP contribution >= 0.6 is 0 Å². The predicted octanol–water partition coefficient (Wildman–Crippen LogP) is 1.27. The Balaban J connectivity index is 1.96. The average Bonchev–Trinajstić information content (AvgIpc) is 2.80. The number of amides is 2. The average molecular weight is 349 g/mol. The van der Waals surface area contributed by atoms with E-state index < -0.39 is 0 Å². The molecule has 25 heavy (non-hydrogen) atoms. The summed E-state index contributed by atoms with van der Waals surface area (Å²) in [6.45, 7) is 6.17. The van der Waals surface area contributed by atoms with Gasteiger partial charge in [0, 0.05) is 51.0 Å². The van der Waals surface area contributed by atoms with Crippen molar-refractivity contribution >= 4 is 17.8 Å². The van der Waals surface area contributed by atoms with E-state index in [0.717, 1.165) is 23.4 Å². The molecule has 7 nitrogen and oxygen atoms in total. The number of hydrogen-bond acceptors (Lipinski definition) is 4. The lowest BCUT2D eigenvalue weighted by molar-refractivity contribution is -0.143. The number of carbonyl (C=O) groups excluding carboxylic acids is 3. The van der Waals surface area contributed by atoms with E-state index in [1.54, 1.807) is 4.90 Å². The molecule has 1 aliphatic rings. The number of aromatic nitrogens is 1. The maximum absolute atomic E-state index is 12.8. The van der Waals surface area contributed by atoms with Gasteiger partial charge >= 0.3 is 5.97 Å². The molecule has 0 bridgehead atoms. The molecule has 0 unspecified atom stereocenters. The Bertz CT molecular complexity index is 666. The summed E-state index contributed by atoms with van der Waals surface area (Å²) in [5.41, 5.74) is 2.73. The monoisotopic (exact) mass is 349 g/mol. The Labute approximate surface area is 148 Å². The maximum atomic E-state index is 12.8. The highest BCUT2D eigenvalue weighted by molar-refractivity contribution is 5.95. The van der Waals surface area contributed by atoms with Crippen LogP contribution in [0.25, 0.3) is 0 Å². The second kappa shape index (κ2) is 8.18. The SMILES string of the molecule is COC(=O)CCC(=O)N1CCCN(C(=O)c2cc(C)n(C)c2C)CC1. The number of rotatable bonds is 4. The van der Waals surface area contributed by atoms with Crippen LogP contribution in [0.1, 0.15) is 41.0 Å². The minimum absolute atomic E-state index is 0.0186. The summed E-state index contributed by atoms with van der Waals surface area (Å²) in [4.78, 5) is 39.8. The van der Waals surface area contributed by atoms with E-state index in [9.17, 15) is 14.4 Å². The molecule has 1 saturated heterocycles. The smallest absolute Gasteiger partial charge is 0.306 e. The molecule has 138 valence electrons. The van der Waals surface area contributed by atoms with Gasteiger partial charge in [0.15, 0.2) is 0 Å². The molecule has 7 heteroatoms. The molecule has 0 aliphatic carbocycles. The zero-order chi connectivity index (χ0) is 18.6. The topological polar surface area (TPSA) is 71.9 Å². The van der Waals surface area contributed by atoms with Crippen molar-refractivity contribution in [1.29, 1.82) is 0 Å². The zero-order valence-electron chi connectivity index (χ0n) is 15.5. The van der Waals surface area contributed by atoms with Crippen LogP contribution in [-0.2, 0) is 21.4 Å². The van der Waals surface area contributed by atoms with Gasteiger partial charge in [0.2, 0.25) is 5.91 Å². The van der Waals surface area contributed by atoms with Crippen LogP contribution in [-0.4, -0.2) is 65.4 Å². The van der Waals surface area contributed by atoms with E-state index >= 15 is 0 Å². The molecule has 0 radical (unpaired) electrons. The second-order valence-electron chi connectivity index (χ2n) is 6.45. The molecule has 1 aliphatic heterocycles. The van der Waals surface area contributed by atoms with E-state index in [2.05, 4.69) is 4.74 Å². The molecule has 2 rings (SSSR count). The summed E-state index contributed by atoms with van der Waals surface area (Å²) in [6.07, 6.45) is 0.981. The van der Waals surface area contributed by atoms with Crippen LogP contribution in [0, 0.1) is 13.8 Å². The molecule has 0 aromatic carbocycles. The number of ether oxygens (including phenoxy) is 1. The molecule has 1 aromatic heterocycles. The molecule has 0 atom stereocenters. The fourth-order valence-corrected chi connectivity index (χ4v) is 3.08. The number of methoxy groups -OCH3 is 1. The van der Waals surface area contributed by atoms with E-state index in [1.165, 1.54) is 7.11 Å². The van der Waals surface area contributed by atoms with Crippen molar-refractivity contribution < 1.29 is 19.1 Å². The highest BCUT2D eigenvalue weighted by Crippen LogP contribution is 2.17. The summed E-state index contributed by atoms with van der Waals surface area (Å²) in [6, 6.07) is 1.92. The van der Waals surface area contributed by atoms with Gasteiger partial charge in [0.1, 0.15) is 0 Å². The van der Waals surface area contributed by atoms with Crippen LogP contribution in [0.3, 0.4) is 0 Å². The third-order valence-corrected chi connectivity index (χ3v) is 4.91. The van der Waals surface area contributed by atoms with Crippen LogP contribution < -0.4 is 0 Å². The van der Waals surface area contributed by atoms with Crippen molar-refractivity contribution in [2.24, 2.45) is 7.05 Å². The zero-order valence-corrected chi connectivity index (χ0v) is 15.5. The number of hydrogen-bond donors (Lipinski definition) is 0. The van der Waals surface area contributed by atoms with Crippen molar-refractivity contribution in [1.82, 2.24) is 14.4 Å². The highest BCUT2D eigenvalue weighted by atomic mass is 16.5. The lowest BCUT2D eigenvalue weighted by Gasteiger charge is -2.22. The summed E-state index contributed by atoms with van der Waals surface area (Å²) in [5, 5.41) is 0. The maximum Gasteiger partial charge on any atom is 0.306 e. The fourth-order valence-electron chi connectivity index (χ4n) is 3.08. The molecule has 0 spiro atoms. The number of aryl methyl sites for hydroxylation is 1. The van der Waals surface area contributed by atoms with Crippen molar-refractivity contribution in [3.05, 3.63) is 23.0 Å². The Morgan fingerprint density at radius 3 is 2.28 bits per heavy atom. The van der Waals surface area contributed by atoms with E-state index in [4.69, 9.17) is 0 Å². The lowest BCUT2D eigenvalue weighted by Crippen LogP contribution is -2.37. The molecule has 2 amide bonds. The van der Waals surface area contributed by atoms with E-state index in [1.807, 2.05) is 36.4 Å². The summed E-state index contributed by atoms with van der Waals surface area (Å²) >= 11 is 0. The standard InChI is InChI=1S/C18H27N3O4/c1-13-12-15(14(2)19(13)3)18(24)21-9-5-8-20(10-11-21)16(22)6-7-17(23)25-4/h12H,5-11H2,1-4H3. The third-order valence-electron chi connectivity index (χ3n) is 4.91. The summed E-state index contributed by atoms with van der Waals surface area (Å²) < 4.78 is 6.58. The van der Waals surface area contributed by atoms with Crippen molar-refractivity contribution in [2.75, 3.05) is 33.3 Å². The molecule has 2 heterocycles. The van der Waals surface area contributed by atoms with Gasteiger partial charge in [0.25, 0.3) is 5.91 Å². The molecule has 0 N–H and O–H groups in total. The van der Waals surface area contributed by atoms with Gasteiger partial charge in [-0.2, -0.15) is 0 Å². The van der Waals surface area contributed by atoms with E-state index in [-0.39, 0.29) is 30.6 Å². The first-order valence-corrected chi connectivity index (χ1v) is 8.62. The first-order valence-electron chi connectivity index (χ1n) is 8.62. The normalized spacial score (nSPS) is 15.0. The van der Waals surface area contributed by atoms with Crippen LogP contribution in [0.2, 0.25) is 0 Å². The molecular formula is C18H27N3O4. The van der Waals surface area contributed by atoms with Gasteiger partial charge in [-0.25, -0.2) is 0 Å². The van der Waals surface area contributed by atoms with Gasteiger partial charge < -0.3 is 19.1 Å². The number of nitrogens with zero attached hydrogens (tertiary/aromatic N) is 3. The molecular weight excluding hydrogens is 322 g/mol. The van der Waals surface area contributed by atoms with Crippen LogP contribution in [0.4, 0.5) is 0 Å². The highest BCUT2D eigenvalue weighted by Gasteiger charge is 2.25. The second-order valence-corrected chi connectivity index (χ2v) is 6.45. The van der Waals surface area contributed by atoms with E-state index in [0.29, 0.717) is 26.2 Å². The van der Waals surface area contributed by atoms with Crippen molar-refractivity contribution in [3.8, 4) is 0 Å². The van der Waals surface area contributed by atoms with Crippen LogP contribution in [0.15, 0.2) is 6.07 Å². The third kappa shape index (κ3) is 4.41. The quantitative estimate of drug-likeness (QED) is 0.768. The number of esters is 1. The minimum atomic E-state index is -0.380. The largest absolute Gasteiger partial charge is 0.469 e. The predicted molar refractivity (Wildman–Crippen MR) is 93.2 cm³/mol. The van der Waals surface area contributed by atoms with Gasteiger partial charge in [-0.15, -0.1) is 0 Å². The minimum Gasteiger partial charge on any atom is -0.469 e. The molecule has 1 aromatic rings.